The number of hydrogen-bond donors (Lipinski definition) is 0. The van der Waals surface area contributed by atoms with E-state index < -0.39 is 23.5 Å². The Kier molecular flexibility index (Phi) is 9.85. The van der Waals surface area contributed by atoms with Gasteiger partial charge in [-0.05, 0) is 44.3 Å². The molecule has 18 heavy (non-hydrogen) atoms. The molecule has 0 aromatic heterocycles. The van der Waals surface area contributed by atoms with Crippen LogP contribution in [0.1, 0.15) is 40.5 Å². The molecule has 0 unspecified atom stereocenters. The maximum absolute atomic E-state index is 6.03. The van der Waals surface area contributed by atoms with E-state index in [0.717, 1.165) is 26.1 Å². The molecule has 0 aromatic carbocycles. The van der Waals surface area contributed by atoms with Crippen LogP contribution >= 0.6 is 0 Å². The molecule has 0 rings (SSSR count). The van der Waals surface area contributed by atoms with E-state index in [1.165, 1.54) is 0 Å². The molecule has 5 heteroatoms. The van der Waals surface area contributed by atoms with Crippen LogP contribution in [0, 0.1) is 11.8 Å². The standard InChI is InChI=1S/2C5H11O.C3H9OSi.Al/c2*1-5(2)3-4-6;1-5(2,3)4;/h2*5H,3-4H2,1-2H3;1-3H3;/q3*-1;+3. The van der Waals surface area contributed by atoms with Gasteiger partial charge < -0.3 is 11.1 Å². The summed E-state index contributed by atoms with van der Waals surface area (Å²) in [6.45, 7) is 16.9. The Hall–Kier alpha value is 0.629. The fraction of sp³-hybridized carbons (Fsp3) is 1.00. The SMILES string of the molecule is CC(C)CC[O][Al]([O]CCC(C)C)[O][Si](C)(C)C. The van der Waals surface area contributed by atoms with E-state index in [1.807, 2.05) is 0 Å². The molecular formula is C13H31AlO3Si. The Balaban J connectivity index is 4.00. The van der Waals surface area contributed by atoms with Crippen molar-refractivity contribution in [2.75, 3.05) is 13.2 Å². The van der Waals surface area contributed by atoms with Crippen molar-refractivity contribution < 1.29 is 11.1 Å². The van der Waals surface area contributed by atoms with Crippen LogP contribution in [0.3, 0.4) is 0 Å². The second kappa shape index (κ2) is 9.52. The van der Waals surface area contributed by atoms with Crippen molar-refractivity contribution in [2.45, 2.75) is 60.2 Å². The average molecular weight is 290 g/mol. The van der Waals surface area contributed by atoms with Crippen LogP contribution in [0.25, 0.3) is 0 Å². The lowest BCUT2D eigenvalue weighted by molar-refractivity contribution is 0.127. The Labute approximate surface area is 120 Å². The predicted molar refractivity (Wildman–Crippen MR) is 81.0 cm³/mol. The van der Waals surface area contributed by atoms with Gasteiger partial charge in [0, 0.05) is 13.2 Å². The molecule has 0 saturated heterocycles. The Morgan fingerprint density at radius 3 is 1.50 bits per heavy atom. The molecular weight excluding hydrogens is 259 g/mol. The van der Waals surface area contributed by atoms with Gasteiger partial charge in [-0.2, -0.15) is 0 Å². The molecule has 3 nitrogen and oxygen atoms in total. The van der Waals surface area contributed by atoms with Gasteiger partial charge in [0.25, 0.3) is 0 Å². The van der Waals surface area contributed by atoms with E-state index in [1.54, 1.807) is 0 Å². The molecule has 0 aliphatic carbocycles. The second-order valence-electron chi connectivity index (χ2n) is 6.63. The van der Waals surface area contributed by atoms with Gasteiger partial charge in [0.2, 0.25) is 0 Å². The van der Waals surface area contributed by atoms with Crippen LogP contribution in [0.5, 0.6) is 0 Å². The summed E-state index contributed by atoms with van der Waals surface area (Å²) in [4.78, 5) is 0. The highest BCUT2D eigenvalue weighted by atomic mass is 28.4. The first-order valence-electron chi connectivity index (χ1n) is 7.11. The summed E-state index contributed by atoms with van der Waals surface area (Å²) < 4.78 is 17.7. The Morgan fingerprint density at radius 2 is 1.22 bits per heavy atom. The molecule has 108 valence electrons. The van der Waals surface area contributed by atoms with Gasteiger partial charge in [0.1, 0.15) is 0 Å². The molecule has 0 saturated carbocycles. The predicted octanol–water partition coefficient (Wildman–Crippen LogP) is 3.95. The smallest absolute Gasteiger partial charge is 0.499 e. The van der Waals surface area contributed by atoms with E-state index in [4.69, 9.17) is 11.1 Å². The van der Waals surface area contributed by atoms with Gasteiger partial charge in [-0.25, -0.2) is 0 Å². The van der Waals surface area contributed by atoms with Crippen molar-refractivity contribution in [1.82, 2.24) is 0 Å². The molecule has 0 N–H and O–H groups in total. The van der Waals surface area contributed by atoms with E-state index in [0.29, 0.717) is 11.8 Å². The largest absolute Gasteiger partial charge is 0.894 e. The van der Waals surface area contributed by atoms with Gasteiger partial charge >= 0.3 is 15.1 Å². The van der Waals surface area contributed by atoms with Crippen LogP contribution in [0.4, 0.5) is 0 Å². The highest BCUT2D eigenvalue weighted by Gasteiger charge is 2.36. The van der Waals surface area contributed by atoms with Crippen LogP contribution in [0.15, 0.2) is 0 Å². The van der Waals surface area contributed by atoms with E-state index in [9.17, 15) is 0 Å². The summed E-state index contributed by atoms with van der Waals surface area (Å²) in [5.41, 5.74) is 0. The molecule has 0 spiro atoms. The van der Waals surface area contributed by atoms with Crippen LogP contribution < -0.4 is 0 Å². The summed E-state index contributed by atoms with van der Waals surface area (Å²) in [5.74, 6) is 1.34. The summed E-state index contributed by atoms with van der Waals surface area (Å²) >= 11 is -1.91. The molecule has 0 bridgehead atoms. The quantitative estimate of drug-likeness (QED) is 0.570. The molecule has 0 atom stereocenters. The first-order valence-corrected chi connectivity index (χ1v) is 11.9. The molecule has 0 aliphatic heterocycles. The fourth-order valence-electron chi connectivity index (χ4n) is 1.20. The fourth-order valence-corrected chi connectivity index (χ4v) is 4.81. The molecule has 0 fully saturated rings. The number of rotatable bonds is 10. The zero-order chi connectivity index (χ0) is 14.2. The number of hydrogen-bond acceptors (Lipinski definition) is 3. The zero-order valence-electron chi connectivity index (χ0n) is 13.3. The van der Waals surface area contributed by atoms with Gasteiger partial charge in [0.05, 0.1) is 0 Å². The lowest BCUT2D eigenvalue weighted by Crippen LogP contribution is -2.39. The lowest BCUT2D eigenvalue weighted by atomic mass is 10.2. The monoisotopic (exact) mass is 290 g/mol. The maximum atomic E-state index is 6.03. The maximum Gasteiger partial charge on any atom is 0.894 e. The van der Waals surface area contributed by atoms with Crippen LogP contribution in [0.2, 0.25) is 19.6 Å². The summed E-state index contributed by atoms with van der Waals surface area (Å²) in [5, 5.41) is 0. The van der Waals surface area contributed by atoms with E-state index in [2.05, 4.69) is 47.3 Å². The topological polar surface area (TPSA) is 27.7 Å². The molecule has 0 aromatic rings. The first-order chi connectivity index (χ1) is 8.20. The summed E-state index contributed by atoms with van der Waals surface area (Å²) in [6.07, 6.45) is 2.15. The molecule has 0 radical (unpaired) electrons. The third kappa shape index (κ3) is 13.1. The minimum atomic E-state index is -1.91. The lowest BCUT2D eigenvalue weighted by Gasteiger charge is -2.23. The van der Waals surface area contributed by atoms with Crippen LogP contribution in [-0.4, -0.2) is 36.7 Å². The van der Waals surface area contributed by atoms with Gasteiger partial charge in [-0.3, -0.25) is 0 Å². The zero-order valence-corrected chi connectivity index (χ0v) is 15.4. The first kappa shape index (κ1) is 18.6. The summed E-state index contributed by atoms with van der Waals surface area (Å²) in [6, 6.07) is 0. The molecule has 0 amide bonds. The van der Waals surface area contributed by atoms with Crippen molar-refractivity contribution in [3.8, 4) is 0 Å². The van der Waals surface area contributed by atoms with E-state index >= 15 is 0 Å². The minimum absolute atomic E-state index is 0.669. The second-order valence-corrected chi connectivity index (χ2v) is 13.0. The van der Waals surface area contributed by atoms with Crippen molar-refractivity contribution in [3.63, 3.8) is 0 Å². The van der Waals surface area contributed by atoms with Crippen molar-refractivity contribution in [3.05, 3.63) is 0 Å². The highest BCUT2D eigenvalue weighted by Crippen LogP contribution is 2.10. The van der Waals surface area contributed by atoms with Gasteiger partial charge in [-0.15, -0.1) is 0 Å². The molecule has 0 aliphatic rings. The minimum Gasteiger partial charge on any atom is -0.499 e. The average Bonchev–Trinajstić information content (AvgIpc) is 2.13. The highest BCUT2D eigenvalue weighted by molar-refractivity contribution is 6.74. The van der Waals surface area contributed by atoms with E-state index in [-0.39, 0.29) is 0 Å². The van der Waals surface area contributed by atoms with Gasteiger partial charge in [0.15, 0.2) is 8.32 Å². The normalized spacial score (nSPS) is 12.5. The molecule has 0 heterocycles. The van der Waals surface area contributed by atoms with Crippen molar-refractivity contribution in [1.29, 1.82) is 0 Å². The third-order valence-electron chi connectivity index (χ3n) is 2.35. The van der Waals surface area contributed by atoms with Gasteiger partial charge in [-0.1, -0.05) is 27.7 Å². The van der Waals surface area contributed by atoms with Crippen molar-refractivity contribution in [2.24, 2.45) is 11.8 Å². The van der Waals surface area contributed by atoms with Crippen LogP contribution in [-0.2, 0) is 11.1 Å². The summed E-state index contributed by atoms with van der Waals surface area (Å²) in [7, 11) is -1.56. The Morgan fingerprint density at radius 1 is 0.833 bits per heavy atom. The Bertz CT molecular complexity index is 191. The van der Waals surface area contributed by atoms with Crippen molar-refractivity contribution >= 4 is 23.5 Å². The third-order valence-corrected chi connectivity index (χ3v) is 6.96.